The summed E-state index contributed by atoms with van der Waals surface area (Å²) in [6, 6.07) is 0. The molecule has 0 heterocycles. The van der Waals surface area contributed by atoms with E-state index in [9.17, 15) is 9.59 Å². The lowest BCUT2D eigenvalue weighted by Crippen LogP contribution is -2.56. The van der Waals surface area contributed by atoms with Gasteiger partial charge in [-0.15, -0.1) is 23.2 Å². The van der Waals surface area contributed by atoms with E-state index in [1.165, 1.54) is 6.92 Å². The van der Waals surface area contributed by atoms with E-state index in [2.05, 4.69) is 5.32 Å². The van der Waals surface area contributed by atoms with Crippen molar-refractivity contribution in [1.29, 1.82) is 0 Å². The molecule has 2 unspecified atom stereocenters. The summed E-state index contributed by atoms with van der Waals surface area (Å²) in [4.78, 5) is 22.8. The monoisotopic (exact) mass is 267 g/mol. The maximum atomic E-state index is 11.7. The fourth-order valence-electron chi connectivity index (χ4n) is 1.29. The molecule has 0 saturated heterocycles. The number of rotatable bonds is 4. The van der Waals surface area contributed by atoms with E-state index in [1.807, 2.05) is 0 Å². The number of carboxylic acids is 1. The first-order valence-corrected chi connectivity index (χ1v) is 5.80. The van der Waals surface area contributed by atoms with Crippen LogP contribution in [-0.2, 0) is 9.59 Å². The predicted molar refractivity (Wildman–Crippen MR) is 61.6 cm³/mol. The van der Waals surface area contributed by atoms with Gasteiger partial charge in [0.05, 0.1) is 5.92 Å². The molecule has 1 rings (SSSR count). The molecule has 0 spiro atoms. The number of amides is 1. The second-order valence-corrected chi connectivity index (χ2v) is 6.21. The molecule has 1 saturated carbocycles. The summed E-state index contributed by atoms with van der Waals surface area (Å²) >= 11 is 11.5. The molecule has 16 heavy (non-hydrogen) atoms. The summed E-state index contributed by atoms with van der Waals surface area (Å²) < 4.78 is -1.03. The van der Waals surface area contributed by atoms with Crippen molar-refractivity contribution in [3.8, 4) is 0 Å². The molecular formula is C10H15Cl2NO3. The van der Waals surface area contributed by atoms with E-state index in [4.69, 9.17) is 28.3 Å². The van der Waals surface area contributed by atoms with Crippen LogP contribution in [0.3, 0.4) is 0 Å². The quantitative estimate of drug-likeness (QED) is 0.764. The van der Waals surface area contributed by atoms with Crippen LogP contribution in [0.5, 0.6) is 0 Å². The average Bonchev–Trinajstić information content (AvgIpc) is 2.74. The number of nitrogens with one attached hydrogen (secondary N) is 1. The molecule has 1 fully saturated rings. The molecule has 1 amide bonds. The summed E-state index contributed by atoms with van der Waals surface area (Å²) in [5, 5.41) is 11.6. The van der Waals surface area contributed by atoms with Gasteiger partial charge in [-0.2, -0.15) is 0 Å². The lowest BCUT2D eigenvalue weighted by Gasteiger charge is -2.30. The van der Waals surface area contributed by atoms with Crippen LogP contribution < -0.4 is 5.32 Å². The van der Waals surface area contributed by atoms with Gasteiger partial charge in [-0.3, -0.25) is 4.79 Å². The predicted octanol–water partition coefficient (Wildman–Crippen LogP) is 1.80. The summed E-state index contributed by atoms with van der Waals surface area (Å²) in [6.07, 6.45) is 0.371. The zero-order valence-electron chi connectivity index (χ0n) is 9.38. The number of halogens is 2. The smallest absolute Gasteiger partial charge is 0.329 e. The molecule has 1 aliphatic carbocycles. The van der Waals surface area contributed by atoms with Crippen molar-refractivity contribution in [1.82, 2.24) is 5.32 Å². The molecule has 1 aliphatic rings. The summed E-state index contributed by atoms with van der Waals surface area (Å²) in [5.74, 6) is -2.20. The Labute approximate surface area is 104 Å². The Hall–Kier alpha value is -0.480. The normalized spacial score (nSPS) is 26.0. The van der Waals surface area contributed by atoms with Crippen LogP contribution in [0.1, 0.15) is 27.2 Å². The number of carbonyl (C=O) groups excluding carboxylic acids is 1. The van der Waals surface area contributed by atoms with Gasteiger partial charge < -0.3 is 10.4 Å². The molecule has 2 atom stereocenters. The van der Waals surface area contributed by atoms with Gasteiger partial charge in [-0.25, -0.2) is 4.79 Å². The van der Waals surface area contributed by atoms with Crippen molar-refractivity contribution in [3.63, 3.8) is 0 Å². The van der Waals surface area contributed by atoms with Crippen molar-refractivity contribution in [2.24, 2.45) is 11.8 Å². The number of carbonyl (C=O) groups is 2. The molecule has 0 aromatic carbocycles. The van der Waals surface area contributed by atoms with Gasteiger partial charge in [0.2, 0.25) is 5.91 Å². The molecule has 4 nitrogen and oxygen atoms in total. The molecule has 0 aliphatic heterocycles. The number of hydrogen-bond acceptors (Lipinski definition) is 2. The highest BCUT2D eigenvalue weighted by molar-refractivity contribution is 6.52. The Morgan fingerprint density at radius 3 is 2.19 bits per heavy atom. The Kier molecular flexibility index (Phi) is 3.46. The molecular weight excluding hydrogens is 253 g/mol. The van der Waals surface area contributed by atoms with Crippen molar-refractivity contribution >= 4 is 35.1 Å². The van der Waals surface area contributed by atoms with E-state index >= 15 is 0 Å². The zero-order valence-corrected chi connectivity index (χ0v) is 10.9. The largest absolute Gasteiger partial charge is 0.480 e. The molecule has 0 bridgehead atoms. The minimum atomic E-state index is -1.29. The Bertz CT molecular complexity index is 330. The zero-order chi connectivity index (χ0) is 12.7. The molecule has 92 valence electrons. The van der Waals surface area contributed by atoms with Gasteiger partial charge in [0, 0.05) is 0 Å². The lowest BCUT2D eigenvalue weighted by atomic mass is 9.88. The number of alkyl halides is 2. The summed E-state index contributed by atoms with van der Waals surface area (Å²) in [5.41, 5.74) is -1.29. The van der Waals surface area contributed by atoms with Crippen LogP contribution >= 0.6 is 23.2 Å². The van der Waals surface area contributed by atoms with Crippen molar-refractivity contribution in [2.45, 2.75) is 37.1 Å². The maximum absolute atomic E-state index is 11.7. The summed E-state index contributed by atoms with van der Waals surface area (Å²) in [7, 11) is 0. The number of hydrogen-bond donors (Lipinski definition) is 2. The SMILES string of the molecule is CC(C)C(C)(NC(=O)C1CC1(Cl)Cl)C(=O)O. The van der Waals surface area contributed by atoms with Gasteiger partial charge in [0.15, 0.2) is 0 Å². The van der Waals surface area contributed by atoms with Gasteiger partial charge >= 0.3 is 5.97 Å². The Balaban J connectivity index is 2.71. The van der Waals surface area contributed by atoms with E-state index in [0.29, 0.717) is 6.42 Å². The number of carboxylic acid groups (broad SMARTS) is 1. The molecule has 0 aromatic rings. The second-order valence-electron chi connectivity index (χ2n) is 4.67. The molecule has 0 radical (unpaired) electrons. The molecule has 6 heteroatoms. The first-order valence-electron chi connectivity index (χ1n) is 5.04. The van der Waals surface area contributed by atoms with Crippen molar-refractivity contribution < 1.29 is 14.7 Å². The standard InChI is InChI=1S/C10H15Cl2NO3/c1-5(2)9(3,8(15)16)13-7(14)6-4-10(6,11)12/h5-6H,4H2,1-3H3,(H,13,14)(H,15,16). The van der Waals surface area contributed by atoms with E-state index < -0.39 is 27.7 Å². The van der Waals surface area contributed by atoms with Crippen molar-refractivity contribution in [2.75, 3.05) is 0 Å². The number of aliphatic carboxylic acids is 1. The van der Waals surface area contributed by atoms with Crippen molar-refractivity contribution in [3.05, 3.63) is 0 Å². The summed E-state index contributed by atoms with van der Waals surface area (Å²) in [6.45, 7) is 4.94. The van der Waals surface area contributed by atoms with Crippen LogP contribution in [-0.4, -0.2) is 26.9 Å². The average molecular weight is 268 g/mol. The highest BCUT2D eigenvalue weighted by Gasteiger charge is 2.57. The third-order valence-electron chi connectivity index (χ3n) is 3.12. The van der Waals surface area contributed by atoms with Crippen LogP contribution in [0, 0.1) is 11.8 Å². The Morgan fingerprint density at radius 1 is 1.50 bits per heavy atom. The van der Waals surface area contributed by atoms with Gasteiger partial charge in [-0.05, 0) is 19.3 Å². The highest BCUT2D eigenvalue weighted by Crippen LogP contribution is 2.53. The van der Waals surface area contributed by atoms with Gasteiger partial charge in [0.1, 0.15) is 9.87 Å². The maximum Gasteiger partial charge on any atom is 0.329 e. The first-order chi connectivity index (χ1) is 7.11. The highest BCUT2D eigenvalue weighted by atomic mass is 35.5. The van der Waals surface area contributed by atoms with Crippen LogP contribution in [0.25, 0.3) is 0 Å². The minimum Gasteiger partial charge on any atom is -0.480 e. The molecule has 0 aromatic heterocycles. The fourth-order valence-corrected chi connectivity index (χ4v) is 1.79. The van der Waals surface area contributed by atoms with E-state index in [-0.39, 0.29) is 5.92 Å². The van der Waals surface area contributed by atoms with Crippen LogP contribution in [0.15, 0.2) is 0 Å². The van der Waals surface area contributed by atoms with E-state index in [1.54, 1.807) is 13.8 Å². The van der Waals surface area contributed by atoms with Crippen LogP contribution in [0.2, 0.25) is 0 Å². The first kappa shape index (κ1) is 13.6. The lowest BCUT2D eigenvalue weighted by molar-refractivity contribution is -0.149. The fraction of sp³-hybridized carbons (Fsp3) is 0.800. The second kappa shape index (κ2) is 4.08. The van der Waals surface area contributed by atoms with Crippen LogP contribution in [0.4, 0.5) is 0 Å². The topological polar surface area (TPSA) is 66.4 Å². The minimum absolute atomic E-state index is 0.229. The van der Waals surface area contributed by atoms with Gasteiger partial charge in [0.25, 0.3) is 0 Å². The molecule has 2 N–H and O–H groups in total. The third-order valence-corrected chi connectivity index (χ3v) is 3.96. The third kappa shape index (κ3) is 2.43. The van der Waals surface area contributed by atoms with Gasteiger partial charge in [-0.1, -0.05) is 13.8 Å². The Morgan fingerprint density at radius 2 is 1.94 bits per heavy atom. The van der Waals surface area contributed by atoms with E-state index in [0.717, 1.165) is 0 Å².